The zero-order chi connectivity index (χ0) is 16.8. The molecule has 8 heteroatoms. The molecule has 0 radical (unpaired) electrons. The van der Waals surface area contributed by atoms with Gasteiger partial charge in [-0.25, -0.2) is 4.79 Å². The van der Waals surface area contributed by atoms with Gasteiger partial charge in [-0.15, -0.1) is 0 Å². The molecule has 0 aliphatic carbocycles. The Morgan fingerprint density at radius 3 is 2.27 bits per heavy atom. The third kappa shape index (κ3) is 6.02. The molecule has 1 unspecified atom stereocenters. The van der Waals surface area contributed by atoms with Gasteiger partial charge in [0, 0.05) is 13.1 Å². The number of amides is 2. The molecule has 1 aromatic carbocycles. The lowest BCUT2D eigenvalue weighted by Crippen LogP contribution is -2.38. The van der Waals surface area contributed by atoms with E-state index in [0.29, 0.717) is 5.56 Å². The quantitative estimate of drug-likeness (QED) is 0.754. The number of carbonyl (C=O) groups is 2. The van der Waals surface area contributed by atoms with Crippen molar-refractivity contribution in [2.45, 2.75) is 25.4 Å². The van der Waals surface area contributed by atoms with Crippen LogP contribution in [0.2, 0.25) is 0 Å². The fourth-order valence-electron chi connectivity index (χ4n) is 1.71. The highest BCUT2D eigenvalue weighted by atomic mass is 19.4. The molecule has 0 fully saturated rings. The number of hydrogen-bond acceptors (Lipinski definition) is 2. The SMILES string of the molecule is CC(CNC(=O)NCCC(=O)O)c1ccc(C(F)(F)F)cc1. The van der Waals surface area contributed by atoms with Crippen LogP contribution in [-0.2, 0) is 11.0 Å². The van der Waals surface area contributed by atoms with E-state index in [-0.39, 0.29) is 25.4 Å². The summed E-state index contributed by atoms with van der Waals surface area (Å²) in [5.74, 6) is -1.19. The zero-order valence-corrected chi connectivity index (χ0v) is 11.9. The van der Waals surface area contributed by atoms with Crippen LogP contribution >= 0.6 is 0 Å². The summed E-state index contributed by atoms with van der Waals surface area (Å²) in [6.07, 6.45) is -4.55. The van der Waals surface area contributed by atoms with Crippen molar-refractivity contribution in [1.29, 1.82) is 0 Å². The lowest BCUT2D eigenvalue weighted by molar-refractivity contribution is -0.138. The molecule has 3 N–H and O–H groups in total. The maximum Gasteiger partial charge on any atom is 0.416 e. The number of rotatable bonds is 6. The summed E-state index contributed by atoms with van der Waals surface area (Å²) in [6, 6.07) is 4.23. The van der Waals surface area contributed by atoms with Crippen molar-refractivity contribution >= 4 is 12.0 Å². The standard InChI is InChI=1S/C14H17F3N2O3/c1-9(8-19-13(22)18-7-6-12(20)21)10-2-4-11(5-3-10)14(15,16)17/h2-5,9H,6-8H2,1H3,(H,20,21)(H2,18,19,22). The molecule has 1 rings (SSSR count). The van der Waals surface area contributed by atoms with Crippen LogP contribution in [-0.4, -0.2) is 30.2 Å². The van der Waals surface area contributed by atoms with E-state index in [1.165, 1.54) is 12.1 Å². The van der Waals surface area contributed by atoms with Crippen LogP contribution in [0.25, 0.3) is 0 Å². The molecule has 0 aromatic heterocycles. The molecule has 0 aliphatic rings. The van der Waals surface area contributed by atoms with Gasteiger partial charge in [0.25, 0.3) is 0 Å². The van der Waals surface area contributed by atoms with E-state index in [2.05, 4.69) is 10.6 Å². The van der Waals surface area contributed by atoms with Crippen molar-refractivity contribution in [2.24, 2.45) is 0 Å². The highest BCUT2D eigenvalue weighted by molar-refractivity contribution is 5.75. The van der Waals surface area contributed by atoms with E-state index in [9.17, 15) is 22.8 Å². The van der Waals surface area contributed by atoms with Crippen LogP contribution in [0.4, 0.5) is 18.0 Å². The Kier molecular flexibility index (Phi) is 6.21. The van der Waals surface area contributed by atoms with Gasteiger partial charge in [-0.1, -0.05) is 19.1 Å². The first-order chi connectivity index (χ1) is 10.2. The second-order valence-electron chi connectivity index (χ2n) is 4.80. The number of alkyl halides is 3. The molecule has 2 amide bonds. The van der Waals surface area contributed by atoms with Crippen LogP contribution in [0.5, 0.6) is 0 Å². The number of carboxylic acids is 1. The van der Waals surface area contributed by atoms with Gasteiger partial charge >= 0.3 is 18.2 Å². The molecule has 22 heavy (non-hydrogen) atoms. The molecule has 0 heterocycles. The second-order valence-corrected chi connectivity index (χ2v) is 4.80. The Hall–Kier alpha value is -2.25. The monoisotopic (exact) mass is 318 g/mol. The van der Waals surface area contributed by atoms with E-state index >= 15 is 0 Å². The lowest BCUT2D eigenvalue weighted by atomic mass is 10.00. The molecule has 1 aromatic rings. The fraction of sp³-hybridized carbons (Fsp3) is 0.429. The van der Waals surface area contributed by atoms with E-state index in [4.69, 9.17) is 5.11 Å². The molecule has 0 spiro atoms. The largest absolute Gasteiger partial charge is 0.481 e. The first-order valence-corrected chi connectivity index (χ1v) is 6.61. The van der Waals surface area contributed by atoms with Gasteiger partial charge in [0.1, 0.15) is 0 Å². The molecular weight excluding hydrogens is 301 g/mol. The van der Waals surface area contributed by atoms with Gasteiger partial charge in [-0.05, 0) is 23.6 Å². The molecule has 0 aliphatic heterocycles. The van der Waals surface area contributed by atoms with Crippen molar-refractivity contribution in [3.05, 3.63) is 35.4 Å². The molecule has 1 atom stereocenters. The topological polar surface area (TPSA) is 78.4 Å². The van der Waals surface area contributed by atoms with Gasteiger partial charge in [-0.2, -0.15) is 13.2 Å². The number of carboxylic acid groups (broad SMARTS) is 1. The van der Waals surface area contributed by atoms with Gasteiger partial charge in [-0.3, -0.25) is 4.79 Å². The van der Waals surface area contributed by atoms with E-state index in [1.807, 2.05) is 0 Å². The van der Waals surface area contributed by atoms with E-state index in [1.54, 1.807) is 6.92 Å². The number of urea groups is 1. The highest BCUT2D eigenvalue weighted by Gasteiger charge is 2.30. The Bertz CT molecular complexity index is 515. The van der Waals surface area contributed by atoms with E-state index in [0.717, 1.165) is 12.1 Å². The zero-order valence-electron chi connectivity index (χ0n) is 11.9. The van der Waals surface area contributed by atoms with Gasteiger partial charge < -0.3 is 15.7 Å². The van der Waals surface area contributed by atoms with Crippen molar-refractivity contribution in [1.82, 2.24) is 10.6 Å². The molecule has 0 saturated heterocycles. The predicted molar refractivity (Wildman–Crippen MR) is 73.5 cm³/mol. The number of halogens is 3. The van der Waals surface area contributed by atoms with Crippen molar-refractivity contribution in [3.63, 3.8) is 0 Å². The third-order valence-corrected chi connectivity index (χ3v) is 3.00. The summed E-state index contributed by atoms with van der Waals surface area (Å²) in [6.45, 7) is 2.00. The molecule has 0 saturated carbocycles. The highest BCUT2D eigenvalue weighted by Crippen LogP contribution is 2.30. The van der Waals surface area contributed by atoms with Gasteiger partial charge in [0.2, 0.25) is 0 Å². The third-order valence-electron chi connectivity index (χ3n) is 3.00. The summed E-state index contributed by atoms with van der Waals surface area (Å²) in [5.41, 5.74) is -0.0540. The van der Waals surface area contributed by atoms with Crippen molar-refractivity contribution < 1.29 is 27.9 Å². The fourth-order valence-corrected chi connectivity index (χ4v) is 1.71. The van der Waals surface area contributed by atoms with Crippen LogP contribution in [0.1, 0.15) is 30.4 Å². The van der Waals surface area contributed by atoms with Crippen molar-refractivity contribution in [2.75, 3.05) is 13.1 Å². The smallest absolute Gasteiger partial charge is 0.416 e. The average Bonchev–Trinajstić information content (AvgIpc) is 2.43. The maximum absolute atomic E-state index is 12.4. The van der Waals surface area contributed by atoms with Crippen LogP contribution in [0.3, 0.4) is 0 Å². The van der Waals surface area contributed by atoms with Gasteiger partial charge in [0.15, 0.2) is 0 Å². The lowest BCUT2D eigenvalue weighted by Gasteiger charge is -2.14. The predicted octanol–water partition coefficient (Wildman–Crippen LogP) is 2.58. The molecule has 5 nitrogen and oxygen atoms in total. The summed E-state index contributed by atoms with van der Waals surface area (Å²) in [4.78, 5) is 21.7. The molecule has 122 valence electrons. The van der Waals surface area contributed by atoms with E-state index < -0.39 is 23.7 Å². The Labute approximate surface area is 125 Å². The molecule has 0 bridgehead atoms. The first kappa shape index (κ1) is 17.8. The summed E-state index contributed by atoms with van der Waals surface area (Å²) >= 11 is 0. The Morgan fingerprint density at radius 2 is 1.77 bits per heavy atom. The van der Waals surface area contributed by atoms with Crippen LogP contribution in [0, 0.1) is 0 Å². The molecular formula is C14H17F3N2O3. The number of hydrogen-bond donors (Lipinski definition) is 3. The Balaban J connectivity index is 2.43. The van der Waals surface area contributed by atoms with Crippen molar-refractivity contribution in [3.8, 4) is 0 Å². The minimum Gasteiger partial charge on any atom is -0.481 e. The van der Waals surface area contributed by atoms with Crippen LogP contribution in [0.15, 0.2) is 24.3 Å². The minimum absolute atomic E-state index is 0.00975. The van der Waals surface area contributed by atoms with Gasteiger partial charge in [0.05, 0.1) is 12.0 Å². The number of aliphatic carboxylic acids is 1. The summed E-state index contributed by atoms with van der Waals surface area (Å²) in [5, 5.41) is 13.3. The average molecular weight is 318 g/mol. The van der Waals surface area contributed by atoms with Crippen LogP contribution < -0.4 is 10.6 Å². The number of carbonyl (C=O) groups excluding carboxylic acids is 1. The maximum atomic E-state index is 12.4. The Morgan fingerprint density at radius 1 is 1.18 bits per heavy atom. The normalized spacial score (nSPS) is 12.5. The number of benzene rings is 1. The number of nitrogens with one attached hydrogen (secondary N) is 2. The summed E-state index contributed by atoms with van der Waals surface area (Å²) < 4.78 is 37.3. The second kappa shape index (κ2) is 7.67. The summed E-state index contributed by atoms with van der Waals surface area (Å²) in [7, 11) is 0. The first-order valence-electron chi connectivity index (χ1n) is 6.61. The minimum atomic E-state index is -4.37.